The zero-order valence-electron chi connectivity index (χ0n) is 12.0. The summed E-state index contributed by atoms with van der Waals surface area (Å²) < 4.78 is 5.60. The summed E-state index contributed by atoms with van der Waals surface area (Å²) in [6, 6.07) is 16.7. The van der Waals surface area contributed by atoms with Crippen LogP contribution in [-0.4, -0.2) is 12.0 Å². The molecule has 3 nitrogen and oxygen atoms in total. The van der Waals surface area contributed by atoms with Crippen LogP contribution in [0.3, 0.4) is 0 Å². The van der Waals surface area contributed by atoms with Gasteiger partial charge in [-0.3, -0.25) is 4.79 Å². The van der Waals surface area contributed by atoms with Gasteiger partial charge in [-0.15, -0.1) is 0 Å². The first-order chi connectivity index (χ1) is 10.1. The van der Waals surface area contributed by atoms with E-state index in [-0.39, 0.29) is 11.9 Å². The van der Waals surface area contributed by atoms with Crippen LogP contribution < -0.4 is 10.1 Å². The molecule has 0 saturated carbocycles. The summed E-state index contributed by atoms with van der Waals surface area (Å²) in [6.07, 6.45) is -0.588. The highest BCUT2D eigenvalue weighted by Crippen LogP contribution is 2.19. The standard InChI is InChI=1S/C17H18ClNO2/c1-12(14-7-4-3-5-8-14)19-17(20)13(2)21-16-10-6-9-15(18)11-16/h3-13H,1-2H3,(H,19,20)/t12-,13+/m0/s1. The minimum Gasteiger partial charge on any atom is -0.481 e. The van der Waals surface area contributed by atoms with E-state index in [9.17, 15) is 4.79 Å². The molecule has 110 valence electrons. The monoisotopic (exact) mass is 303 g/mol. The Morgan fingerprint density at radius 3 is 2.48 bits per heavy atom. The van der Waals surface area contributed by atoms with Gasteiger partial charge in [-0.2, -0.15) is 0 Å². The number of benzene rings is 2. The maximum atomic E-state index is 12.1. The molecule has 0 spiro atoms. The third-order valence-electron chi connectivity index (χ3n) is 3.14. The van der Waals surface area contributed by atoms with E-state index in [4.69, 9.17) is 16.3 Å². The summed E-state index contributed by atoms with van der Waals surface area (Å²) >= 11 is 5.89. The molecule has 0 aliphatic heterocycles. The van der Waals surface area contributed by atoms with Gasteiger partial charge in [-0.1, -0.05) is 48.0 Å². The molecule has 0 heterocycles. The number of carbonyl (C=O) groups is 1. The lowest BCUT2D eigenvalue weighted by Gasteiger charge is -2.19. The molecule has 0 fully saturated rings. The molecule has 2 rings (SSSR count). The fourth-order valence-electron chi connectivity index (χ4n) is 1.95. The van der Waals surface area contributed by atoms with E-state index in [1.807, 2.05) is 37.3 Å². The number of amides is 1. The Bertz CT molecular complexity index is 601. The van der Waals surface area contributed by atoms with Gasteiger partial charge in [0.05, 0.1) is 6.04 Å². The molecule has 0 bridgehead atoms. The predicted molar refractivity (Wildman–Crippen MR) is 84.5 cm³/mol. The number of nitrogens with one attached hydrogen (secondary N) is 1. The molecule has 1 N–H and O–H groups in total. The minimum atomic E-state index is -0.588. The fraction of sp³-hybridized carbons (Fsp3) is 0.235. The van der Waals surface area contributed by atoms with Crippen molar-refractivity contribution in [2.45, 2.75) is 26.0 Å². The van der Waals surface area contributed by atoms with Gasteiger partial charge in [0.1, 0.15) is 5.75 Å². The smallest absolute Gasteiger partial charge is 0.261 e. The molecule has 0 aliphatic carbocycles. The van der Waals surface area contributed by atoms with Gasteiger partial charge in [0.15, 0.2) is 6.10 Å². The average Bonchev–Trinajstić information content (AvgIpc) is 2.48. The Morgan fingerprint density at radius 2 is 1.81 bits per heavy atom. The predicted octanol–water partition coefficient (Wildman–Crippen LogP) is 3.98. The highest BCUT2D eigenvalue weighted by molar-refractivity contribution is 6.30. The summed E-state index contributed by atoms with van der Waals surface area (Å²) in [4.78, 5) is 12.1. The van der Waals surface area contributed by atoms with Gasteiger partial charge < -0.3 is 10.1 Å². The summed E-state index contributed by atoms with van der Waals surface area (Å²) in [6.45, 7) is 3.66. The molecular weight excluding hydrogens is 286 g/mol. The Kier molecular flexibility index (Phi) is 5.23. The quantitative estimate of drug-likeness (QED) is 0.907. The van der Waals surface area contributed by atoms with E-state index in [2.05, 4.69) is 5.32 Å². The SMILES string of the molecule is C[C@H](NC(=O)[C@@H](C)Oc1cccc(Cl)c1)c1ccccc1. The zero-order chi connectivity index (χ0) is 15.2. The van der Waals surface area contributed by atoms with Crippen LogP contribution in [0.5, 0.6) is 5.75 Å². The fourth-order valence-corrected chi connectivity index (χ4v) is 2.13. The number of hydrogen-bond donors (Lipinski definition) is 1. The van der Waals surface area contributed by atoms with Crippen molar-refractivity contribution in [3.05, 3.63) is 65.2 Å². The van der Waals surface area contributed by atoms with Crippen molar-refractivity contribution in [1.82, 2.24) is 5.32 Å². The van der Waals surface area contributed by atoms with Gasteiger partial charge in [0, 0.05) is 5.02 Å². The highest BCUT2D eigenvalue weighted by Gasteiger charge is 2.17. The molecule has 0 radical (unpaired) electrons. The second kappa shape index (κ2) is 7.14. The number of ether oxygens (including phenoxy) is 1. The van der Waals surface area contributed by atoms with Crippen LogP contribution in [0, 0.1) is 0 Å². The first-order valence-electron chi connectivity index (χ1n) is 6.84. The van der Waals surface area contributed by atoms with Crippen molar-refractivity contribution in [3.63, 3.8) is 0 Å². The zero-order valence-corrected chi connectivity index (χ0v) is 12.8. The molecule has 21 heavy (non-hydrogen) atoms. The van der Waals surface area contributed by atoms with Gasteiger partial charge in [-0.25, -0.2) is 0 Å². The van der Waals surface area contributed by atoms with Gasteiger partial charge in [-0.05, 0) is 37.6 Å². The second-order valence-corrected chi connectivity index (χ2v) is 5.29. The topological polar surface area (TPSA) is 38.3 Å². The number of rotatable bonds is 5. The first-order valence-corrected chi connectivity index (χ1v) is 7.21. The maximum Gasteiger partial charge on any atom is 0.261 e. The summed E-state index contributed by atoms with van der Waals surface area (Å²) in [7, 11) is 0. The first kappa shape index (κ1) is 15.4. The van der Waals surface area contributed by atoms with E-state index >= 15 is 0 Å². The van der Waals surface area contributed by atoms with E-state index < -0.39 is 6.10 Å². The Labute approximate surface area is 129 Å². The highest BCUT2D eigenvalue weighted by atomic mass is 35.5. The summed E-state index contributed by atoms with van der Waals surface area (Å²) in [5, 5.41) is 3.52. The molecule has 0 aromatic heterocycles. The number of carbonyl (C=O) groups excluding carboxylic acids is 1. The molecule has 2 aromatic carbocycles. The Balaban J connectivity index is 1.94. The lowest BCUT2D eigenvalue weighted by Crippen LogP contribution is -2.37. The molecule has 2 aromatic rings. The van der Waals surface area contributed by atoms with Crippen LogP contribution in [0.4, 0.5) is 0 Å². The van der Waals surface area contributed by atoms with Crippen molar-refractivity contribution in [2.75, 3.05) is 0 Å². The number of hydrogen-bond acceptors (Lipinski definition) is 2. The minimum absolute atomic E-state index is 0.0656. The Hall–Kier alpha value is -2.00. The van der Waals surface area contributed by atoms with E-state index in [0.717, 1.165) is 5.56 Å². The van der Waals surface area contributed by atoms with E-state index in [1.165, 1.54) is 0 Å². The third kappa shape index (κ3) is 4.50. The lowest BCUT2D eigenvalue weighted by atomic mass is 10.1. The van der Waals surface area contributed by atoms with Crippen molar-refractivity contribution >= 4 is 17.5 Å². The summed E-state index contributed by atoms with van der Waals surface area (Å²) in [5.41, 5.74) is 1.06. The van der Waals surface area contributed by atoms with Gasteiger partial charge in [0.2, 0.25) is 0 Å². The van der Waals surface area contributed by atoms with Crippen LogP contribution in [0.15, 0.2) is 54.6 Å². The van der Waals surface area contributed by atoms with Crippen LogP contribution in [0.25, 0.3) is 0 Å². The van der Waals surface area contributed by atoms with Crippen LogP contribution in [-0.2, 0) is 4.79 Å². The van der Waals surface area contributed by atoms with Crippen molar-refractivity contribution in [3.8, 4) is 5.75 Å². The second-order valence-electron chi connectivity index (χ2n) is 4.86. The molecular formula is C17H18ClNO2. The van der Waals surface area contributed by atoms with Crippen LogP contribution >= 0.6 is 11.6 Å². The Morgan fingerprint density at radius 1 is 1.10 bits per heavy atom. The number of halogens is 1. The largest absolute Gasteiger partial charge is 0.481 e. The van der Waals surface area contributed by atoms with E-state index in [0.29, 0.717) is 10.8 Å². The normalized spacial score (nSPS) is 13.3. The molecule has 0 aliphatic rings. The molecule has 4 heteroatoms. The average molecular weight is 304 g/mol. The van der Waals surface area contributed by atoms with Crippen LogP contribution in [0.1, 0.15) is 25.5 Å². The van der Waals surface area contributed by atoms with E-state index in [1.54, 1.807) is 31.2 Å². The molecule has 0 unspecified atom stereocenters. The molecule has 2 atom stereocenters. The van der Waals surface area contributed by atoms with Crippen molar-refractivity contribution in [2.24, 2.45) is 0 Å². The third-order valence-corrected chi connectivity index (χ3v) is 3.37. The van der Waals surface area contributed by atoms with Crippen LogP contribution in [0.2, 0.25) is 5.02 Å². The molecule has 0 saturated heterocycles. The van der Waals surface area contributed by atoms with Gasteiger partial charge in [0.25, 0.3) is 5.91 Å². The summed E-state index contributed by atoms with van der Waals surface area (Å²) in [5.74, 6) is 0.420. The lowest BCUT2D eigenvalue weighted by molar-refractivity contribution is -0.127. The molecule has 1 amide bonds. The van der Waals surface area contributed by atoms with Gasteiger partial charge >= 0.3 is 0 Å². The van der Waals surface area contributed by atoms with Crippen molar-refractivity contribution < 1.29 is 9.53 Å². The maximum absolute atomic E-state index is 12.1. The van der Waals surface area contributed by atoms with Crippen molar-refractivity contribution in [1.29, 1.82) is 0 Å².